The molecule has 0 radical (unpaired) electrons. The second-order valence-corrected chi connectivity index (χ2v) is 8.68. The Bertz CT molecular complexity index is 1090. The molecule has 2 aromatic carbocycles. The van der Waals surface area contributed by atoms with E-state index in [1.54, 1.807) is 20.3 Å². The van der Waals surface area contributed by atoms with Gasteiger partial charge < -0.3 is 23.8 Å². The molecule has 0 saturated heterocycles. The lowest BCUT2D eigenvalue weighted by Gasteiger charge is -2.32. The van der Waals surface area contributed by atoms with Crippen LogP contribution in [0.3, 0.4) is 0 Å². The standard InChI is InChI=1S/C26H31NO5/c1-15-11-22(29-5)17(3)16(2)20(15)8-7-19(28)13-21-24-18(9-10-27(21)4)12-23-25(26(24)30-6)32-14-31-23/h7-8,11-12,21H,9-10,13-14H2,1-6H3/p+1/b8-7+/t21-/m0/s1. The lowest BCUT2D eigenvalue weighted by atomic mass is 9.88. The van der Waals surface area contributed by atoms with Gasteiger partial charge in [-0.2, -0.15) is 0 Å². The number of rotatable bonds is 6. The van der Waals surface area contributed by atoms with Gasteiger partial charge in [0.05, 0.1) is 39.8 Å². The molecule has 2 aromatic rings. The molecular formula is C26H32NO5+. The third-order valence-electron chi connectivity index (χ3n) is 6.85. The molecule has 2 atom stereocenters. The van der Waals surface area contributed by atoms with Gasteiger partial charge in [0.1, 0.15) is 11.8 Å². The van der Waals surface area contributed by atoms with E-state index in [1.165, 1.54) is 10.5 Å². The Balaban J connectivity index is 1.62. The Morgan fingerprint density at radius 2 is 1.94 bits per heavy atom. The number of ketones is 1. The maximum atomic E-state index is 13.1. The molecule has 170 valence electrons. The minimum atomic E-state index is 0.000136. The van der Waals surface area contributed by atoms with Crippen molar-refractivity contribution < 1.29 is 28.6 Å². The molecule has 0 bridgehead atoms. The number of hydrogen-bond acceptors (Lipinski definition) is 5. The van der Waals surface area contributed by atoms with Gasteiger partial charge >= 0.3 is 0 Å². The van der Waals surface area contributed by atoms with Crippen molar-refractivity contribution in [1.82, 2.24) is 0 Å². The number of likely N-dealkylation sites (N-methyl/N-ethyl adjacent to an activating group) is 1. The number of ether oxygens (including phenoxy) is 4. The summed E-state index contributed by atoms with van der Waals surface area (Å²) < 4.78 is 22.5. The van der Waals surface area contributed by atoms with Crippen LogP contribution in [0.4, 0.5) is 0 Å². The third-order valence-corrected chi connectivity index (χ3v) is 6.85. The van der Waals surface area contributed by atoms with Gasteiger partial charge in [-0.05, 0) is 66.8 Å². The third kappa shape index (κ3) is 3.84. The lowest BCUT2D eigenvalue weighted by molar-refractivity contribution is -0.914. The maximum Gasteiger partial charge on any atom is 0.231 e. The summed E-state index contributed by atoms with van der Waals surface area (Å²) in [5.41, 5.74) is 6.63. The quantitative estimate of drug-likeness (QED) is 0.703. The van der Waals surface area contributed by atoms with Gasteiger partial charge in [-0.3, -0.25) is 4.79 Å². The van der Waals surface area contributed by atoms with Crippen molar-refractivity contribution in [2.45, 2.75) is 39.7 Å². The Labute approximate surface area is 189 Å². The maximum absolute atomic E-state index is 13.1. The molecule has 0 fully saturated rings. The summed E-state index contributed by atoms with van der Waals surface area (Å²) in [6.07, 6.45) is 4.97. The average Bonchev–Trinajstić information content (AvgIpc) is 3.25. The molecule has 0 aromatic heterocycles. The summed E-state index contributed by atoms with van der Waals surface area (Å²) in [5, 5.41) is 0. The van der Waals surface area contributed by atoms with E-state index in [2.05, 4.69) is 14.0 Å². The molecule has 6 heteroatoms. The molecular weight excluding hydrogens is 406 g/mol. The summed E-state index contributed by atoms with van der Waals surface area (Å²) in [6.45, 7) is 7.30. The minimum absolute atomic E-state index is 0.000136. The Kier molecular flexibility index (Phi) is 6.15. The molecule has 2 aliphatic heterocycles. The molecule has 2 aliphatic rings. The van der Waals surface area contributed by atoms with E-state index < -0.39 is 0 Å². The average molecular weight is 439 g/mol. The molecule has 0 saturated carbocycles. The van der Waals surface area contributed by atoms with Gasteiger partial charge in [-0.25, -0.2) is 0 Å². The Morgan fingerprint density at radius 1 is 1.16 bits per heavy atom. The predicted molar refractivity (Wildman–Crippen MR) is 123 cm³/mol. The summed E-state index contributed by atoms with van der Waals surface area (Å²) in [6, 6.07) is 4.07. The molecule has 0 aliphatic carbocycles. The molecule has 4 rings (SSSR count). The molecule has 0 amide bonds. The van der Waals surface area contributed by atoms with Gasteiger partial charge in [-0.15, -0.1) is 0 Å². The van der Waals surface area contributed by atoms with Crippen molar-refractivity contribution in [2.24, 2.45) is 0 Å². The first-order chi connectivity index (χ1) is 15.3. The molecule has 1 N–H and O–H groups in total. The van der Waals surface area contributed by atoms with E-state index in [4.69, 9.17) is 18.9 Å². The highest BCUT2D eigenvalue weighted by molar-refractivity contribution is 5.94. The van der Waals surface area contributed by atoms with Crippen LogP contribution < -0.4 is 23.8 Å². The number of methoxy groups -OCH3 is 2. The summed E-state index contributed by atoms with van der Waals surface area (Å²) in [7, 11) is 5.47. The highest BCUT2D eigenvalue weighted by Crippen LogP contribution is 2.47. The Morgan fingerprint density at radius 3 is 2.66 bits per heavy atom. The highest BCUT2D eigenvalue weighted by atomic mass is 16.7. The number of carbonyl (C=O) groups is 1. The second kappa shape index (κ2) is 8.87. The van der Waals surface area contributed by atoms with Crippen LogP contribution in [0.2, 0.25) is 0 Å². The first kappa shape index (κ1) is 22.2. The van der Waals surface area contributed by atoms with Crippen molar-refractivity contribution in [3.8, 4) is 23.0 Å². The molecule has 0 spiro atoms. The molecule has 32 heavy (non-hydrogen) atoms. The van der Waals surface area contributed by atoms with E-state index >= 15 is 0 Å². The van der Waals surface area contributed by atoms with Crippen LogP contribution in [0.1, 0.15) is 45.8 Å². The van der Waals surface area contributed by atoms with E-state index in [-0.39, 0.29) is 18.6 Å². The minimum Gasteiger partial charge on any atom is -0.496 e. The first-order valence-electron chi connectivity index (χ1n) is 11.0. The van der Waals surface area contributed by atoms with E-state index in [9.17, 15) is 4.79 Å². The fourth-order valence-electron chi connectivity index (χ4n) is 4.88. The number of quaternary nitrogens is 1. The first-order valence-corrected chi connectivity index (χ1v) is 11.0. The number of benzene rings is 2. The van der Waals surface area contributed by atoms with Gasteiger partial charge in [-0.1, -0.05) is 6.08 Å². The zero-order valence-corrected chi connectivity index (χ0v) is 19.8. The van der Waals surface area contributed by atoms with Crippen molar-refractivity contribution in [1.29, 1.82) is 0 Å². The zero-order chi connectivity index (χ0) is 23.0. The zero-order valence-electron chi connectivity index (χ0n) is 19.8. The van der Waals surface area contributed by atoms with Crippen molar-refractivity contribution in [3.05, 3.63) is 51.6 Å². The highest BCUT2D eigenvalue weighted by Gasteiger charge is 2.37. The van der Waals surface area contributed by atoms with Gasteiger partial charge in [0.2, 0.25) is 12.5 Å². The van der Waals surface area contributed by atoms with E-state index in [0.29, 0.717) is 17.9 Å². The Hall–Kier alpha value is -2.99. The summed E-state index contributed by atoms with van der Waals surface area (Å²) >= 11 is 0. The van der Waals surface area contributed by atoms with E-state index in [0.717, 1.165) is 52.3 Å². The van der Waals surface area contributed by atoms with Gasteiger partial charge in [0.15, 0.2) is 17.3 Å². The predicted octanol–water partition coefficient (Wildman–Crippen LogP) is 3.14. The van der Waals surface area contributed by atoms with Crippen molar-refractivity contribution in [3.63, 3.8) is 0 Å². The summed E-state index contributed by atoms with van der Waals surface area (Å²) in [5.74, 6) is 3.04. The van der Waals surface area contributed by atoms with Crippen molar-refractivity contribution in [2.75, 3.05) is 34.6 Å². The topological polar surface area (TPSA) is 58.4 Å². The smallest absolute Gasteiger partial charge is 0.231 e. The van der Waals surface area contributed by atoms with Crippen LogP contribution in [-0.4, -0.2) is 40.4 Å². The van der Waals surface area contributed by atoms with Gasteiger partial charge in [0.25, 0.3) is 0 Å². The lowest BCUT2D eigenvalue weighted by Crippen LogP contribution is -3.10. The second-order valence-electron chi connectivity index (χ2n) is 8.68. The van der Waals surface area contributed by atoms with Crippen LogP contribution in [0.15, 0.2) is 18.2 Å². The number of nitrogens with one attached hydrogen (secondary N) is 1. The fraction of sp³-hybridized carbons (Fsp3) is 0.423. The fourth-order valence-corrected chi connectivity index (χ4v) is 4.88. The van der Waals surface area contributed by atoms with Crippen LogP contribution >= 0.6 is 0 Å². The molecule has 1 unspecified atom stereocenters. The molecule has 2 heterocycles. The van der Waals surface area contributed by atoms with Gasteiger partial charge in [0, 0.05) is 6.42 Å². The van der Waals surface area contributed by atoms with E-state index in [1.807, 2.05) is 32.1 Å². The number of allylic oxidation sites excluding steroid dienone is 1. The van der Waals surface area contributed by atoms with Crippen LogP contribution in [0.5, 0.6) is 23.0 Å². The monoisotopic (exact) mass is 438 g/mol. The SMILES string of the molecule is COc1cc(C)c(/C=C/C(=O)C[C@H]2c3c(cc4c(c3OC)OCO4)CC[NH+]2C)c(C)c1C. The summed E-state index contributed by atoms with van der Waals surface area (Å²) in [4.78, 5) is 14.4. The number of hydrogen-bond donors (Lipinski definition) is 1. The number of aryl methyl sites for hydroxylation is 1. The van der Waals surface area contributed by atoms with Crippen molar-refractivity contribution >= 4 is 11.9 Å². The van der Waals surface area contributed by atoms with Crippen LogP contribution in [0.25, 0.3) is 6.08 Å². The normalized spacial score (nSPS) is 19.2. The number of carbonyl (C=O) groups excluding carboxylic acids is 1. The number of fused-ring (bicyclic) bond motifs is 2. The largest absolute Gasteiger partial charge is 0.496 e. The van der Waals surface area contributed by atoms with Crippen LogP contribution in [0, 0.1) is 20.8 Å². The molecule has 6 nitrogen and oxygen atoms in total. The van der Waals surface area contributed by atoms with Crippen LogP contribution in [-0.2, 0) is 11.2 Å².